The second kappa shape index (κ2) is 34.9. The molecule has 0 fully saturated rings. The zero-order chi connectivity index (χ0) is 24.0. The van der Waals surface area contributed by atoms with Crippen LogP contribution in [0.2, 0.25) is 0 Å². The molecule has 0 radical (unpaired) electrons. The van der Waals surface area contributed by atoms with Crippen molar-refractivity contribution in [3.63, 3.8) is 0 Å². The predicted molar refractivity (Wildman–Crippen MR) is 125 cm³/mol. The Hall–Kier alpha value is -1.59. The Kier molecular flexibility index (Phi) is 41.7. The number of rotatable bonds is 15. The third-order valence-electron chi connectivity index (χ3n) is 3.73. The Morgan fingerprint density at radius 1 is 0.433 bits per heavy atom. The first-order valence-electron chi connectivity index (χ1n) is 11.9. The van der Waals surface area contributed by atoms with Crippen LogP contribution in [-0.4, -0.2) is 33.2 Å². The van der Waals surface area contributed by atoms with Crippen LogP contribution in [-0.2, 0) is 14.4 Å². The average molecular weight is 435 g/mol. The van der Waals surface area contributed by atoms with Crippen LogP contribution in [0.4, 0.5) is 0 Å². The number of hydrogen-bond acceptors (Lipinski definition) is 3. The van der Waals surface area contributed by atoms with Gasteiger partial charge >= 0.3 is 17.9 Å². The molecule has 0 aliphatic heterocycles. The van der Waals surface area contributed by atoms with Crippen molar-refractivity contribution in [3.05, 3.63) is 0 Å². The van der Waals surface area contributed by atoms with Gasteiger partial charge < -0.3 is 15.3 Å². The minimum Gasteiger partial charge on any atom is -0.481 e. The molecule has 0 aromatic rings. The third-order valence-corrected chi connectivity index (χ3v) is 3.73. The highest BCUT2D eigenvalue weighted by Gasteiger charge is 1.95. The van der Waals surface area contributed by atoms with Gasteiger partial charge in [0.1, 0.15) is 0 Å². The van der Waals surface area contributed by atoms with Gasteiger partial charge in [-0.1, -0.05) is 98.8 Å². The SMILES string of the molecule is CCC.CCCCCCC(=O)O.CCCCCCC(=O)O.CCCCCCC(=O)O. The van der Waals surface area contributed by atoms with E-state index in [0.29, 0.717) is 19.3 Å². The molecule has 0 aliphatic rings. The molecular formula is C24H50O6. The highest BCUT2D eigenvalue weighted by Crippen LogP contribution is 2.02. The normalized spacial score (nSPS) is 9.10. The summed E-state index contributed by atoms with van der Waals surface area (Å²) in [5, 5.41) is 24.6. The molecule has 0 rings (SSSR count). The summed E-state index contributed by atoms with van der Waals surface area (Å²) in [4.78, 5) is 29.9. The average Bonchev–Trinajstić information content (AvgIpc) is 2.67. The van der Waals surface area contributed by atoms with Gasteiger partial charge in [-0.2, -0.15) is 0 Å². The maximum absolute atomic E-state index is 9.96. The number of carbonyl (C=O) groups is 3. The third kappa shape index (κ3) is 63.3. The highest BCUT2D eigenvalue weighted by atomic mass is 16.4. The first kappa shape index (κ1) is 35.8. The topological polar surface area (TPSA) is 112 Å². The van der Waals surface area contributed by atoms with Crippen LogP contribution in [0.25, 0.3) is 0 Å². The van der Waals surface area contributed by atoms with Crippen molar-refractivity contribution in [2.24, 2.45) is 0 Å². The molecular weight excluding hydrogens is 384 g/mol. The van der Waals surface area contributed by atoms with Gasteiger partial charge in [-0.05, 0) is 19.3 Å². The van der Waals surface area contributed by atoms with E-state index >= 15 is 0 Å². The van der Waals surface area contributed by atoms with Crippen LogP contribution in [0.5, 0.6) is 0 Å². The molecule has 0 aromatic carbocycles. The molecule has 30 heavy (non-hydrogen) atoms. The maximum atomic E-state index is 9.96. The molecule has 6 nitrogen and oxygen atoms in total. The molecule has 0 unspecified atom stereocenters. The van der Waals surface area contributed by atoms with Crippen molar-refractivity contribution in [2.45, 2.75) is 137 Å². The van der Waals surface area contributed by atoms with E-state index in [2.05, 4.69) is 34.6 Å². The molecule has 0 spiro atoms. The van der Waals surface area contributed by atoms with Crippen molar-refractivity contribution in [1.82, 2.24) is 0 Å². The van der Waals surface area contributed by atoms with Gasteiger partial charge in [0, 0.05) is 19.3 Å². The standard InChI is InChI=1S/3C7H14O2.C3H8/c3*1-2-3-4-5-6-7(8)9;1-3-2/h3*2-6H2,1H3,(H,8,9);3H2,1-2H3. The lowest BCUT2D eigenvalue weighted by Gasteiger charge is -1.92. The van der Waals surface area contributed by atoms with Crippen molar-refractivity contribution in [3.8, 4) is 0 Å². The van der Waals surface area contributed by atoms with Gasteiger partial charge in [0.2, 0.25) is 0 Å². The molecule has 0 atom stereocenters. The molecule has 0 saturated heterocycles. The fourth-order valence-corrected chi connectivity index (χ4v) is 2.11. The highest BCUT2D eigenvalue weighted by molar-refractivity contribution is 5.67. The molecule has 0 amide bonds. The summed E-state index contributed by atoms with van der Waals surface area (Å²) in [5.41, 5.74) is 0. The predicted octanol–water partition coefficient (Wildman–Crippen LogP) is 7.54. The Morgan fingerprint density at radius 3 is 0.767 bits per heavy atom. The smallest absolute Gasteiger partial charge is 0.303 e. The summed E-state index contributed by atoms with van der Waals surface area (Å²) in [7, 11) is 0. The molecule has 0 aliphatic carbocycles. The molecule has 6 heteroatoms. The van der Waals surface area contributed by atoms with E-state index in [4.69, 9.17) is 15.3 Å². The molecule has 0 bridgehead atoms. The fraction of sp³-hybridized carbons (Fsp3) is 0.875. The second-order valence-corrected chi connectivity index (χ2v) is 7.32. The lowest BCUT2D eigenvalue weighted by atomic mass is 10.2. The van der Waals surface area contributed by atoms with Crippen molar-refractivity contribution in [2.75, 3.05) is 0 Å². The van der Waals surface area contributed by atoms with E-state index < -0.39 is 17.9 Å². The summed E-state index contributed by atoms with van der Waals surface area (Å²) in [6.45, 7) is 10.6. The van der Waals surface area contributed by atoms with E-state index in [0.717, 1.165) is 57.8 Å². The fourth-order valence-electron chi connectivity index (χ4n) is 2.11. The van der Waals surface area contributed by atoms with Crippen molar-refractivity contribution in [1.29, 1.82) is 0 Å². The van der Waals surface area contributed by atoms with Gasteiger partial charge in [-0.15, -0.1) is 0 Å². The van der Waals surface area contributed by atoms with Crippen LogP contribution in [0.3, 0.4) is 0 Å². The van der Waals surface area contributed by atoms with Gasteiger partial charge in [0.25, 0.3) is 0 Å². The molecule has 0 saturated carbocycles. The zero-order valence-corrected chi connectivity index (χ0v) is 20.4. The Bertz CT molecular complexity index is 303. The summed E-state index contributed by atoms with van der Waals surface area (Å²) in [6.07, 6.45) is 14.9. The van der Waals surface area contributed by atoms with E-state index in [1.807, 2.05) is 0 Å². The van der Waals surface area contributed by atoms with Crippen LogP contribution >= 0.6 is 0 Å². The second-order valence-electron chi connectivity index (χ2n) is 7.32. The monoisotopic (exact) mass is 434 g/mol. The van der Waals surface area contributed by atoms with Crippen LogP contribution < -0.4 is 0 Å². The summed E-state index contributed by atoms with van der Waals surface area (Å²) in [5.74, 6) is -2.02. The first-order chi connectivity index (χ1) is 14.2. The number of carboxylic acids is 3. The Balaban J connectivity index is -0.000000158. The van der Waals surface area contributed by atoms with Gasteiger partial charge in [0.15, 0.2) is 0 Å². The van der Waals surface area contributed by atoms with E-state index in [1.165, 1.54) is 25.7 Å². The van der Waals surface area contributed by atoms with E-state index in [-0.39, 0.29) is 0 Å². The van der Waals surface area contributed by atoms with Crippen LogP contribution in [0, 0.1) is 0 Å². The lowest BCUT2D eigenvalue weighted by Crippen LogP contribution is -1.92. The largest absolute Gasteiger partial charge is 0.481 e. The lowest BCUT2D eigenvalue weighted by molar-refractivity contribution is -0.138. The Morgan fingerprint density at radius 2 is 0.633 bits per heavy atom. The van der Waals surface area contributed by atoms with Crippen LogP contribution in [0.15, 0.2) is 0 Å². The zero-order valence-electron chi connectivity index (χ0n) is 20.4. The maximum Gasteiger partial charge on any atom is 0.303 e. The number of hydrogen-bond donors (Lipinski definition) is 3. The van der Waals surface area contributed by atoms with Gasteiger partial charge in [-0.3, -0.25) is 14.4 Å². The van der Waals surface area contributed by atoms with Crippen molar-refractivity contribution < 1.29 is 29.7 Å². The number of aliphatic carboxylic acids is 3. The molecule has 0 heterocycles. The quantitative estimate of drug-likeness (QED) is 0.229. The molecule has 182 valence electrons. The van der Waals surface area contributed by atoms with E-state index in [9.17, 15) is 14.4 Å². The molecule has 0 aromatic heterocycles. The van der Waals surface area contributed by atoms with Crippen LogP contribution in [0.1, 0.15) is 137 Å². The summed E-state index contributed by atoms with van der Waals surface area (Å²) in [6, 6.07) is 0. The molecule has 3 N–H and O–H groups in total. The summed E-state index contributed by atoms with van der Waals surface area (Å²) >= 11 is 0. The van der Waals surface area contributed by atoms with Gasteiger partial charge in [-0.25, -0.2) is 0 Å². The Labute approximate surface area is 185 Å². The minimum absolute atomic E-state index is 0.333. The number of carboxylic acid groups (broad SMARTS) is 3. The van der Waals surface area contributed by atoms with Gasteiger partial charge in [0.05, 0.1) is 0 Å². The number of unbranched alkanes of at least 4 members (excludes halogenated alkanes) is 9. The first-order valence-corrected chi connectivity index (χ1v) is 11.9. The summed E-state index contributed by atoms with van der Waals surface area (Å²) < 4.78 is 0. The minimum atomic E-state index is -0.675. The van der Waals surface area contributed by atoms with E-state index in [1.54, 1.807) is 0 Å². The van der Waals surface area contributed by atoms with Crippen molar-refractivity contribution >= 4 is 17.9 Å².